The number of halogens is 3. The van der Waals surface area contributed by atoms with Gasteiger partial charge in [0.25, 0.3) is 0 Å². The zero-order valence-electron chi connectivity index (χ0n) is 21.3. The summed E-state index contributed by atoms with van der Waals surface area (Å²) in [7, 11) is 0. The van der Waals surface area contributed by atoms with E-state index >= 15 is 0 Å². The van der Waals surface area contributed by atoms with Crippen LogP contribution in [-0.4, -0.2) is 23.2 Å². The molecular formula is C30H27Cl3N4OS. The number of aromatic nitrogens is 1. The van der Waals surface area contributed by atoms with Gasteiger partial charge >= 0.3 is 0 Å². The Morgan fingerprint density at radius 3 is 2.49 bits per heavy atom. The Bertz CT molecular complexity index is 1500. The number of hydrogen-bond donors (Lipinski definition) is 1. The molecule has 4 aromatic rings. The van der Waals surface area contributed by atoms with E-state index in [-0.39, 0.29) is 12.1 Å². The Kier molecular flexibility index (Phi) is 7.47. The third kappa shape index (κ3) is 5.23. The van der Waals surface area contributed by atoms with E-state index in [1.54, 1.807) is 18.3 Å². The van der Waals surface area contributed by atoms with Crippen molar-refractivity contribution in [1.82, 2.24) is 10.3 Å². The average molecular weight is 598 g/mol. The fourth-order valence-electron chi connectivity index (χ4n) is 5.42. The van der Waals surface area contributed by atoms with Gasteiger partial charge in [-0.25, -0.2) is 0 Å². The van der Waals surface area contributed by atoms with E-state index in [4.69, 9.17) is 51.4 Å². The molecule has 2 fully saturated rings. The molecule has 4 heterocycles. The number of hydrogen-bond acceptors (Lipinski definition) is 4. The molecule has 2 aromatic heterocycles. The largest absolute Gasteiger partial charge is 0.459 e. The highest BCUT2D eigenvalue weighted by atomic mass is 35.5. The van der Waals surface area contributed by atoms with Crippen LogP contribution in [0.15, 0.2) is 77.3 Å². The lowest BCUT2D eigenvalue weighted by Gasteiger charge is -2.33. The Hall–Kier alpha value is -2.77. The van der Waals surface area contributed by atoms with Crippen molar-refractivity contribution in [2.45, 2.75) is 31.8 Å². The number of rotatable bonds is 5. The van der Waals surface area contributed by atoms with Gasteiger partial charge in [0.2, 0.25) is 0 Å². The minimum Gasteiger partial charge on any atom is -0.459 e. The molecule has 0 amide bonds. The zero-order chi connectivity index (χ0) is 27.1. The fraction of sp³-hybridized carbons (Fsp3) is 0.267. The van der Waals surface area contributed by atoms with Gasteiger partial charge in [0.15, 0.2) is 5.11 Å². The van der Waals surface area contributed by atoms with E-state index in [0.717, 1.165) is 47.4 Å². The van der Waals surface area contributed by atoms with Gasteiger partial charge < -0.3 is 19.5 Å². The lowest BCUT2D eigenvalue weighted by Crippen LogP contribution is -2.33. The SMILES string of the molecule is CC1CCN(c2ccc(N3C(=S)NC(c4ccccn4)C3c3ccc(-c4ccc(Cl)cc4Cl)o3)cc2Cl)CC1. The molecule has 2 unspecified atom stereocenters. The van der Waals surface area contributed by atoms with Crippen LogP contribution in [0.3, 0.4) is 0 Å². The van der Waals surface area contributed by atoms with Crippen molar-refractivity contribution in [3.8, 4) is 11.3 Å². The van der Waals surface area contributed by atoms with Gasteiger partial charge in [0, 0.05) is 35.6 Å². The standard InChI is InChI=1S/C30H27Cl3N4OS/c1-18-11-14-36(15-12-18)25-8-6-20(17-23(25)33)37-29(28(35-30(37)39)24-4-2-3-13-34-24)27-10-9-26(38-27)21-7-5-19(31)16-22(21)32/h2-10,13,16-18,28-29H,11-12,14-15H2,1H3,(H,35,39). The molecule has 0 aliphatic carbocycles. The zero-order valence-corrected chi connectivity index (χ0v) is 24.4. The van der Waals surface area contributed by atoms with Crippen LogP contribution in [0.25, 0.3) is 11.3 Å². The molecule has 0 bridgehead atoms. The van der Waals surface area contributed by atoms with Crippen molar-refractivity contribution in [2.24, 2.45) is 5.92 Å². The third-order valence-corrected chi connectivity index (χ3v) is 8.71. The molecule has 2 atom stereocenters. The number of anilines is 2. The first-order valence-electron chi connectivity index (χ1n) is 13.0. The molecule has 6 rings (SSSR count). The van der Waals surface area contributed by atoms with Crippen LogP contribution in [0.4, 0.5) is 11.4 Å². The van der Waals surface area contributed by atoms with Crippen LogP contribution >= 0.6 is 47.0 Å². The first kappa shape index (κ1) is 26.5. The number of piperidine rings is 1. The second kappa shape index (κ2) is 11.0. The van der Waals surface area contributed by atoms with Crippen LogP contribution < -0.4 is 15.1 Å². The summed E-state index contributed by atoms with van der Waals surface area (Å²) in [6.07, 6.45) is 4.13. The van der Waals surface area contributed by atoms with E-state index in [1.165, 1.54) is 12.8 Å². The number of furan rings is 1. The minimum absolute atomic E-state index is 0.236. The van der Waals surface area contributed by atoms with Gasteiger partial charge in [0.05, 0.1) is 27.5 Å². The smallest absolute Gasteiger partial charge is 0.174 e. The van der Waals surface area contributed by atoms with Crippen LogP contribution in [0.1, 0.15) is 43.3 Å². The molecule has 2 aliphatic rings. The molecule has 9 heteroatoms. The third-order valence-electron chi connectivity index (χ3n) is 7.55. The van der Waals surface area contributed by atoms with Crippen LogP contribution in [0.2, 0.25) is 15.1 Å². The number of thiocarbonyl (C=S) groups is 1. The van der Waals surface area contributed by atoms with Crippen molar-refractivity contribution in [3.05, 3.63) is 99.4 Å². The van der Waals surface area contributed by atoms with Crippen LogP contribution in [0, 0.1) is 5.92 Å². The number of nitrogens with zero attached hydrogens (tertiary/aromatic N) is 3. The van der Waals surface area contributed by atoms with E-state index < -0.39 is 0 Å². The van der Waals surface area contributed by atoms with Crippen molar-refractivity contribution in [2.75, 3.05) is 22.9 Å². The highest BCUT2D eigenvalue weighted by Gasteiger charge is 2.43. The summed E-state index contributed by atoms with van der Waals surface area (Å²) in [5.74, 6) is 2.12. The number of benzene rings is 2. The number of pyridine rings is 1. The Morgan fingerprint density at radius 2 is 1.77 bits per heavy atom. The average Bonchev–Trinajstić information content (AvgIpc) is 3.54. The monoisotopic (exact) mass is 596 g/mol. The van der Waals surface area contributed by atoms with Crippen LogP contribution in [0.5, 0.6) is 0 Å². The van der Waals surface area contributed by atoms with Gasteiger partial charge in [-0.2, -0.15) is 0 Å². The van der Waals surface area contributed by atoms with Crippen molar-refractivity contribution in [1.29, 1.82) is 0 Å². The maximum absolute atomic E-state index is 6.89. The first-order chi connectivity index (χ1) is 18.9. The van der Waals surface area contributed by atoms with Gasteiger partial charge in [-0.3, -0.25) is 4.98 Å². The van der Waals surface area contributed by atoms with Crippen LogP contribution in [-0.2, 0) is 0 Å². The summed E-state index contributed by atoms with van der Waals surface area (Å²) >= 11 is 25.4. The predicted molar refractivity (Wildman–Crippen MR) is 164 cm³/mol. The van der Waals surface area contributed by atoms with Gasteiger partial charge in [-0.05, 0) is 91.6 Å². The Balaban J connectivity index is 1.38. The van der Waals surface area contributed by atoms with E-state index in [1.807, 2.05) is 42.5 Å². The molecule has 5 nitrogen and oxygen atoms in total. The summed E-state index contributed by atoms with van der Waals surface area (Å²) in [5, 5.41) is 5.85. The van der Waals surface area contributed by atoms with Crippen molar-refractivity contribution >= 4 is 63.5 Å². The maximum atomic E-state index is 6.89. The minimum atomic E-state index is -0.301. The maximum Gasteiger partial charge on any atom is 0.174 e. The summed E-state index contributed by atoms with van der Waals surface area (Å²) < 4.78 is 6.45. The highest BCUT2D eigenvalue weighted by Crippen LogP contribution is 2.45. The first-order valence-corrected chi connectivity index (χ1v) is 14.5. The molecule has 2 aromatic carbocycles. The summed E-state index contributed by atoms with van der Waals surface area (Å²) in [6, 6.07) is 20.8. The van der Waals surface area contributed by atoms with E-state index in [2.05, 4.69) is 39.2 Å². The molecule has 0 saturated carbocycles. The molecule has 2 saturated heterocycles. The summed E-state index contributed by atoms with van der Waals surface area (Å²) in [6.45, 7) is 4.33. The van der Waals surface area contributed by atoms with E-state index in [9.17, 15) is 0 Å². The second-order valence-corrected chi connectivity index (χ2v) is 11.8. The fourth-order valence-corrected chi connectivity index (χ4v) is 6.56. The molecule has 0 spiro atoms. The van der Waals surface area contributed by atoms with Crippen molar-refractivity contribution < 1.29 is 4.42 Å². The normalized spacial score (nSPS) is 19.9. The molecule has 39 heavy (non-hydrogen) atoms. The predicted octanol–water partition coefficient (Wildman–Crippen LogP) is 8.72. The number of nitrogens with one attached hydrogen (secondary N) is 1. The van der Waals surface area contributed by atoms with Gasteiger partial charge in [0.1, 0.15) is 17.6 Å². The van der Waals surface area contributed by atoms with E-state index in [0.29, 0.717) is 25.9 Å². The quantitative estimate of drug-likeness (QED) is 0.232. The Morgan fingerprint density at radius 1 is 0.949 bits per heavy atom. The Labute approximate surface area is 248 Å². The molecule has 2 aliphatic heterocycles. The topological polar surface area (TPSA) is 44.5 Å². The van der Waals surface area contributed by atoms with Gasteiger partial charge in [-0.15, -0.1) is 0 Å². The molecule has 200 valence electrons. The highest BCUT2D eigenvalue weighted by molar-refractivity contribution is 7.80. The summed E-state index contributed by atoms with van der Waals surface area (Å²) in [5.41, 5.74) is 3.57. The van der Waals surface area contributed by atoms with Crippen molar-refractivity contribution in [3.63, 3.8) is 0 Å². The lowest BCUT2D eigenvalue weighted by atomic mass is 9.98. The molecule has 1 N–H and O–H groups in total. The summed E-state index contributed by atoms with van der Waals surface area (Å²) in [4.78, 5) is 9.06. The molecule has 0 radical (unpaired) electrons. The lowest BCUT2D eigenvalue weighted by molar-refractivity contribution is 0.438. The second-order valence-electron chi connectivity index (χ2n) is 10.1. The van der Waals surface area contributed by atoms with Gasteiger partial charge in [-0.1, -0.05) is 47.8 Å². The molecular weight excluding hydrogens is 571 g/mol.